The summed E-state index contributed by atoms with van der Waals surface area (Å²) in [7, 11) is 3.08. The molecule has 2 heterocycles. The summed E-state index contributed by atoms with van der Waals surface area (Å²) >= 11 is 0. The van der Waals surface area contributed by atoms with Crippen molar-refractivity contribution in [2.45, 2.75) is 13.0 Å². The van der Waals surface area contributed by atoms with Gasteiger partial charge in [-0.05, 0) is 48.9 Å². The summed E-state index contributed by atoms with van der Waals surface area (Å²) in [5.41, 5.74) is 0.949. The molecule has 1 saturated heterocycles. The Hall–Kier alpha value is -4.07. The minimum absolute atomic E-state index is 0.0408. The number of aliphatic hydroxyl groups excluding tert-OH is 1. The highest BCUT2D eigenvalue weighted by Gasteiger charge is 2.48. The number of hydrogen-bond acceptors (Lipinski definition) is 7. The van der Waals surface area contributed by atoms with Crippen LogP contribution in [0, 0.1) is 6.92 Å². The number of aromatic nitrogens is 1. The van der Waals surface area contributed by atoms with Crippen molar-refractivity contribution in [1.29, 1.82) is 0 Å². The molecular weight excluding hydrogens is 400 g/mol. The molecule has 0 spiro atoms. The van der Waals surface area contributed by atoms with Crippen LogP contribution in [-0.2, 0) is 9.59 Å². The molecule has 1 N–H and O–H groups in total. The predicted molar refractivity (Wildman–Crippen MR) is 112 cm³/mol. The highest BCUT2D eigenvalue weighted by atomic mass is 16.5. The highest BCUT2D eigenvalue weighted by molar-refractivity contribution is 6.51. The van der Waals surface area contributed by atoms with Gasteiger partial charge in [-0.25, -0.2) is 0 Å². The number of hydrogen-bond donors (Lipinski definition) is 1. The van der Waals surface area contributed by atoms with Crippen LogP contribution >= 0.6 is 0 Å². The normalized spacial score (nSPS) is 17.8. The van der Waals surface area contributed by atoms with E-state index >= 15 is 0 Å². The summed E-state index contributed by atoms with van der Waals surface area (Å²) in [6.45, 7) is 1.69. The molecule has 1 amide bonds. The summed E-state index contributed by atoms with van der Waals surface area (Å²) in [4.78, 5) is 27.2. The topological polar surface area (TPSA) is 102 Å². The van der Waals surface area contributed by atoms with Crippen LogP contribution in [0.3, 0.4) is 0 Å². The third-order valence-electron chi connectivity index (χ3n) is 5.10. The van der Waals surface area contributed by atoms with E-state index < -0.39 is 17.7 Å². The minimum Gasteiger partial charge on any atom is -0.507 e. The molecule has 1 aliphatic rings. The number of ether oxygens (including phenoxy) is 2. The number of aryl methyl sites for hydroxylation is 1. The molecule has 1 fully saturated rings. The summed E-state index contributed by atoms with van der Waals surface area (Å²) in [5.74, 6) is -0.00634. The number of benzene rings is 2. The van der Waals surface area contributed by atoms with Crippen LogP contribution in [0.2, 0.25) is 0 Å². The highest BCUT2D eigenvalue weighted by Crippen LogP contribution is 2.42. The maximum Gasteiger partial charge on any atom is 0.301 e. The summed E-state index contributed by atoms with van der Waals surface area (Å²) in [6.07, 6.45) is 0. The van der Waals surface area contributed by atoms with E-state index in [0.29, 0.717) is 28.4 Å². The maximum atomic E-state index is 13.0. The Balaban J connectivity index is 1.90. The molecule has 2 aromatic carbocycles. The molecule has 0 bridgehead atoms. The van der Waals surface area contributed by atoms with E-state index in [-0.39, 0.29) is 17.2 Å². The van der Waals surface area contributed by atoms with Crippen LogP contribution in [0.25, 0.3) is 5.76 Å². The number of rotatable bonds is 5. The van der Waals surface area contributed by atoms with E-state index in [1.165, 1.54) is 12.0 Å². The van der Waals surface area contributed by atoms with Crippen LogP contribution in [-0.4, -0.2) is 36.2 Å². The maximum absolute atomic E-state index is 13.0. The lowest BCUT2D eigenvalue weighted by Gasteiger charge is -2.23. The standard InChI is InChI=1S/C23H20N2O6/c1-13-12-18(24-31-13)25-20(14-4-8-16(29-2)9-5-14)19(22(27)23(25)28)21(26)15-6-10-17(30-3)11-7-15/h4-12,20,26H,1-3H3/b21-19+/t20-/m0/s1. The van der Waals surface area contributed by atoms with Crippen molar-refractivity contribution in [3.05, 3.63) is 77.1 Å². The molecule has 1 aliphatic heterocycles. The number of amides is 1. The smallest absolute Gasteiger partial charge is 0.301 e. The second-order valence-corrected chi connectivity index (χ2v) is 6.97. The van der Waals surface area contributed by atoms with Gasteiger partial charge in [0.05, 0.1) is 25.8 Å². The first kappa shape index (κ1) is 20.2. The first-order valence-electron chi connectivity index (χ1n) is 9.47. The van der Waals surface area contributed by atoms with Crippen molar-refractivity contribution in [3.63, 3.8) is 0 Å². The minimum atomic E-state index is -0.891. The Labute approximate surface area is 178 Å². The van der Waals surface area contributed by atoms with Crippen molar-refractivity contribution in [1.82, 2.24) is 5.16 Å². The van der Waals surface area contributed by atoms with Gasteiger partial charge in [-0.1, -0.05) is 17.3 Å². The number of aliphatic hydroxyl groups is 1. The lowest BCUT2D eigenvalue weighted by molar-refractivity contribution is -0.132. The Morgan fingerprint density at radius 3 is 2.10 bits per heavy atom. The SMILES string of the molecule is COc1ccc(/C(O)=C2\C(=O)C(=O)N(c3cc(C)on3)[C@H]2c2ccc(OC)cc2)cc1. The number of carbonyl (C=O) groups is 2. The van der Waals surface area contributed by atoms with Gasteiger partial charge in [-0.3, -0.25) is 14.5 Å². The van der Waals surface area contributed by atoms with E-state index in [1.807, 2.05) is 0 Å². The molecule has 4 rings (SSSR count). The fourth-order valence-electron chi connectivity index (χ4n) is 3.54. The van der Waals surface area contributed by atoms with Crippen LogP contribution in [0.5, 0.6) is 11.5 Å². The predicted octanol–water partition coefficient (Wildman–Crippen LogP) is 3.63. The number of Topliss-reactive ketones (excluding diaryl/α,β-unsaturated/α-hetero) is 1. The second-order valence-electron chi connectivity index (χ2n) is 6.97. The average Bonchev–Trinajstić information content (AvgIpc) is 3.34. The van der Waals surface area contributed by atoms with Gasteiger partial charge in [0, 0.05) is 11.6 Å². The molecule has 0 saturated carbocycles. The molecule has 31 heavy (non-hydrogen) atoms. The largest absolute Gasteiger partial charge is 0.507 e. The second kappa shape index (κ2) is 7.98. The van der Waals surface area contributed by atoms with Gasteiger partial charge >= 0.3 is 5.91 Å². The van der Waals surface area contributed by atoms with Gasteiger partial charge in [-0.2, -0.15) is 0 Å². The van der Waals surface area contributed by atoms with Gasteiger partial charge in [-0.15, -0.1) is 0 Å². The van der Waals surface area contributed by atoms with Crippen LogP contribution in [0.4, 0.5) is 5.82 Å². The van der Waals surface area contributed by atoms with Gasteiger partial charge in [0.1, 0.15) is 23.0 Å². The third kappa shape index (κ3) is 3.52. The lowest BCUT2D eigenvalue weighted by atomic mass is 9.95. The van der Waals surface area contributed by atoms with Crippen LogP contribution in [0.15, 0.2) is 64.7 Å². The van der Waals surface area contributed by atoms with Gasteiger partial charge in [0.25, 0.3) is 5.78 Å². The molecule has 0 aliphatic carbocycles. The zero-order chi connectivity index (χ0) is 22.1. The lowest BCUT2D eigenvalue weighted by Crippen LogP contribution is -2.29. The van der Waals surface area contributed by atoms with Crippen LogP contribution < -0.4 is 14.4 Å². The molecule has 158 valence electrons. The first-order valence-corrected chi connectivity index (χ1v) is 9.47. The molecule has 1 aromatic heterocycles. The fourth-order valence-corrected chi connectivity index (χ4v) is 3.54. The van der Waals surface area contributed by atoms with Crippen molar-refractivity contribution < 1.29 is 28.7 Å². The quantitative estimate of drug-likeness (QED) is 0.382. The number of carbonyl (C=O) groups excluding carboxylic acids is 2. The molecule has 1 atom stereocenters. The summed E-state index contributed by atoms with van der Waals surface area (Å²) < 4.78 is 15.5. The number of anilines is 1. The zero-order valence-corrected chi connectivity index (χ0v) is 17.2. The number of nitrogens with zero attached hydrogens (tertiary/aromatic N) is 2. The molecule has 0 radical (unpaired) electrons. The Bertz CT molecular complexity index is 1160. The fraction of sp³-hybridized carbons (Fsp3) is 0.174. The van der Waals surface area contributed by atoms with E-state index in [0.717, 1.165) is 0 Å². The van der Waals surface area contributed by atoms with Crippen LogP contribution in [0.1, 0.15) is 22.9 Å². The summed E-state index contributed by atoms with van der Waals surface area (Å²) in [5, 5.41) is 15.0. The summed E-state index contributed by atoms with van der Waals surface area (Å²) in [6, 6.07) is 14.1. The Morgan fingerprint density at radius 2 is 1.58 bits per heavy atom. The zero-order valence-electron chi connectivity index (χ0n) is 17.2. The third-order valence-corrected chi connectivity index (χ3v) is 5.10. The average molecular weight is 420 g/mol. The van der Waals surface area contributed by atoms with E-state index in [1.54, 1.807) is 68.6 Å². The van der Waals surface area contributed by atoms with E-state index in [2.05, 4.69) is 5.16 Å². The molecule has 8 heteroatoms. The molecule has 3 aromatic rings. The van der Waals surface area contributed by atoms with E-state index in [9.17, 15) is 14.7 Å². The van der Waals surface area contributed by atoms with Gasteiger partial charge < -0.3 is 19.1 Å². The first-order chi connectivity index (χ1) is 14.9. The molecule has 0 unspecified atom stereocenters. The Kier molecular flexibility index (Phi) is 5.21. The Morgan fingerprint density at radius 1 is 1.00 bits per heavy atom. The van der Waals surface area contributed by atoms with Crippen molar-refractivity contribution in [3.8, 4) is 11.5 Å². The monoisotopic (exact) mass is 420 g/mol. The molecule has 8 nitrogen and oxygen atoms in total. The van der Waals surface area contributed by atoms with Crippen molar-refractivity contribution in [2.24, 2.45) is 0 Å². The van der Waals surface area contributed by atoms with Crippen molar-refractivity contribution in [2.75, 3.05) is 19.1 Å². The van der Waals surface area contributed by atoms with Crippen molar-refractivity contribution >= 4 is 23.3 Å². The number of methoxy groups -OCH3 is 2. The van der Waals surface area contributed by atoms with E-state index in [4.69, 9.17) is 14.0 Å². The van der Waals surface area contributed by atoms with Gasteiger partial charge in [0.2, 0.25) is 0 Å². The number of ketones is 1. The van der Waals surface area contributed by atoms with Gasteiger partial charge in [0.15, 0.2) is 5.82 Å². The molecular formula is C23H20N2O6.